The minimum absolute atomic E-state index is 0.0456. The lowest BCUT2D eigenvalue weighted by Gasteiger charge is -2.13. The summed E-state index contributed by atoms with van der Waals surface area (Å²) in [5.41, 5.74) is 1.13. The lowest BCUT2D eigenvalue weighted by Crippen LogP contribution is -2.38. The number of nitrogens with one attached hydrogen (secondary N) is 1. The highest BCUT2D eigenvalue weighted by Crippen LogP contribution is 2.10. The number of hydrogen-bond acceptors (Lipinski definition) is 4. The van der Waals surface area contributed by atoms with Gasteiger partial charge in [0.15, 0.2) is 0 Å². The van der Waals surface area contributed by atoms with Crippen molar-refractivity contribution in [1.29, 1.82) is 0 Å². The Morgan fingerprint density at radius 2 is 2.43 bits per heavy atom. The van der Waals surface area contributed by atoms with Gasteiger partial charge in [-0.3, -0.25) is 0 Å². The average molecular weight is 197 g/mol. The van der Waals surface area contributed by atoms with Crippen LogP contribution in [0.1, 0.15) is 11.3 Å². The van der Waals surface area contributed by atoms with Crippen molar-refractivity contribution < 1.29 is 14.3 Å². The van der Waals surface area contributed by atoms with Crippen LogP contribution in [0.15, 0.2) is 16.7 Å². The van der Waals surface area contributed by atoms with Gasteiger partial charge in [-0.15, -0.1) is 0 Å². The van der Waals surface area contributed by atoms with Crippen molar-refractivity contribution in [3.63, 3.8) is 0 Å². The predicted molar refractivity (Wildman–Crippen MR) is 50.9 cm³/mol. The number of furan rings is 1. The molecule has 4 heteroatoms. The Morgan fingerprint density at radius 1 is 1.57 bits per heavy atom. The van der Waals surface area contributed by atoms with Crippen molar-refractivity contribution in [3.05, 3.63) is 23.7 Å². The summed E-state index contributed by atoms with van der Waals surface area (Å²) >= 11 is 0. The van der Waals surface area contributed by atoms with Crippen LogP contribution in [-0.2, 0) is 11.3 Å². The number of ether oxygens (including phenoxy) is 1. The Balaban J connectivity index is 1.85. The summed E-state index contributed by atoms with van der Waals surface area (Å²) in [6.07, 6.45) is 1.29. The number of aryl methyl sites for hydroxylation is 1. The second-order valence-corrected chi connectivity index (χ2v) is 3.59. The molecule has 2 N–H and O–H groups in total. The third kappa shape index (κ3) is 1.97. The standard InChI is InChI=1S/C10H15NO3/c1-7-8(2-3-14-7)4-11-9-5-13-6-10(9)12/h2-3,9-12H,4-6H2,1H3/t9-,10-/m1/s1. The second kappa shape index (κ2) is 4.13. The maximum Gasteiger partial charge on any atom is 0.105 e. The molecular formula is C10H15NO3. The molecule has 0 radical (unpaired) electrons. The van der Waals surface area contributed by atoms with Gasteiger partial charge in [-0.1, -0.05) is 0 Å². The van der Waals surface area contributed by atoms with E-state index < -0.39 is 0 Å². The van der Waals surface area contributed by atoms with E-state index in [-0.39, 0.29) is 12.1 Å². The fraction of sp³-hybridized carbons (Fsp3) is 0.600. The van der Waals surface area contributed by atoms with Crippen LogP contribution in [0.3, 0.4) is 0 Å². The fourth-order valence-electron chi connectivity index (χ4n) is 1.57. The highest BCUT2D eigenvalue weighted by Gasteiger charge is 2.25. The Bertz CT molecular complexity index is 297. The van der Waals surface area contributed by atoms with Crippen LogP contribution < -0.4 is 5.32 Å². The van der Waals surface area contributed by atoms with Gasteiger partial charge in [0, 0.05) is 12.1 Å². The molecule has 0 aromatic carbocycles. The monoisotopic (exact) mass is 197 g/mol. The van der Waals surface area contributed by atoms with Crippen molar-refractivity contribution in [2.24, 2.45) is 0 Å². The first-order valence-corrected chi connectivity index (χ1v) is 4.79. The summed E-state index contributed by atoms with van der Waals surface area (Å²) in [4.78, 5) is 0. The lowest BCUT2D eigenvalue weighted by atomic mass is 10.2. The van der Waals surface area contributed by atoms with E-state index in [0.717, 1.165) is 11.3 Å². The van der Waals surface area contributed by atoms with Crippen LogP contribution in [0.25, 0.3) is 0 Å². The molecule has 4 nitrogen and oxygen atoms in total. The first-order chi connectivity index (χ1) is 6.77. The van der Waals surface area contributed by atoms with E-state index in [1.165, 1.54) is 0 Å². The number of aliphatic hydroxyl groups excluding tert-OH is 1. The molecule has 2 heterocycles. The molecule has 0 spiro atoms. The quantitative estimate of drug-likeness (QED) is 0.738. The van der Waals surface area contributed by atoms with Crippen molar-refractivity contribution in [1.82, 2.24) is 5.32 Å². The van der Waals surface area contributed by atoms with E-state index >= 15 is 0 Å². The van der Waals surface area contributed by atoms with Gasteiger partial charge in [-0.25, -0.2) is 0 Å². The maximum atomic E-state index is 9.48. The van der Waals surface area contributed by atoms with Crippen molar-refractivity contribution >= 4 is 0 Å². The minimum atomic E-state index is -0.387. The van der Waals surface area contributed by atoms with Crippen molar-refractivity contribution in [3.8, 4) is 0 Å². The van der Waals surface area contributed by atoms with E-state index in [2.05, 4.69) is 5.32 Å². The Morgan fingerprint density at radius 3 is 3.00 bits per heavy atom. The first-order valence-electron chi connectivity index (χ1n) is 4.79. The molecule has 1 aromatic rings. The number of aliphatic hydroxyl groups is 1. The summed E-state index contributed by atoms with van der Waals surface area (Å²) in [6.45, 7) is 3.66. The second-order valence-electron chi connectivity index (χ2n) is 3.59. The Hall–Kier alpha value is -0.840. The van der Waals surface area contributed by atoms with Gasteiger partial charge in [-0.05, 0) is 13.0 Å². The molecule has 0 unspecified atom stereocenters. The molecule has 2 rings (SSSR count). The van der Waals surface area contributed by atoms with Crippen molar-refractivity contribution in [2.75, 3.05) is 13.2 Å². The average Bonchev–Trinajstić information content (AvgIpc) is 2.72. The first kappa shape index (κ1) is 9.71. The van der Waals surface area contributed by atoms with Crippen molar-refractivity contribution in [2.45, 2.75) is 25.6 Å². The third-order valence-electron chi connectivity index (χ3n) is 2.57. The molecule has 14 heavy (non-hydrogen) atoms. The molecule has 0 aliphatic carbocycles. The van der Waals surface area contributed by atoms with Gasteiger partial charge < -0.3 is 19.6 Å². The zero-order valence-corrected chi connectivity index (χ0v) is 8.19. The molecular weight excluding hydrogens is 182 g/mol. The lowest BCUT2D eigenvalue weighted by molar-refractivity contribution is 0.122. The van der Waals surface area contributed by atoms with Crippen LogP contribution in [-0.4, -0.2) is 30.5 Å². The molecule has 0 bridgehead atoms. The molecule has 0 saturated carbocycles. The van der Waals surface area contributed by atoms with E-state index in [4.69, 9.17) is 9.15 Å². The maximum absolute atomic E-state index is 9.48. The highest BCUT2D eigenvalue weighted by atomic mass is 16.5. The molecule has 1 fully saturated rings. The zero-order chi connectivity index (χ0) is 9.97. The normalized spacial score (nSPS) is 27.0. The summed E-state index contributed by atoms with van der Waals surface area (Å²) in [7, 11) is 0. The molecule has 1 aromatic heterocycles. The van der Waals surface area contributed by atoms with E-state index in [1.807, 2.05) is 13.0 Å². The van der Waals surface area contributed by atoms with Crippen LogP contribution in [0.2, 0.25) is 0 Å². The predicted octanol–water partition coefficient (Wildman–Crippen LogP) is 0.437. The largest absolute Gasteiger partial charge is 0.469 e. The van der Waals surface area contributed by atoms with Gasteiger partial charge in [0.1, 0.15) is 5.76 Å². The van der Waals surface area contributed by atoms with Crippen LogP contribution in [0.5, 0.6) is 0 Å². The minimum Gasteiger partial charge on any atom is -0.469 e. The van der Waals surface area contributed by atoms with Gasteiger partial charge >= 0.3 is 0 Å². The van der Waals surface area contributed by atoms with Crippen LogP contribution in [0, 0.1) is 6.92 Å². The third-order valence-corrected chi connectivity index (χ3v) is 2.57. The SMILES string of the molecule is Cc1occc1CN[C@@H]1COC[C@H]1O. The molecule has 1 aliphatic rings. The zero-order valence-electron chi connectivity index (χ0n) is 8.19. The molecule has 2 atom stereocenters. The molecule has 0 amide bonds. The number of rotatable bonds is 3. The van der Waals surface area contributed by atoms with Gasteiger partial charge in [0.2, 0.25) is 0 Å². The van der Waals surface area contributed by atoms with E-state index in [1.54, 1.807) is 6.26 Å². The topological polar surface area (TPSA) is 54.6 Å². The fourth-order valence-corrected chi connectivity index (χ4v) is 1.57. The summed E-state index contributed by atoms with van der Waals surface area (Å²) in [5, 5.41) is 12.7. The van der Waals surface area contributed by atoms with Gasteiger partial charge in [-0.2, -0.15) is 0 Å². The van der Waals surface area contributed by atoms with E-state index in [0.29, 0.717) is 19.8 Å². The summed E-state index contributed by atoms with van der Waals surface area (Å²) in [5.74, 6) is 0.922. The van der Waals surface area contributed by atoms with E-state index in [9.17, 15) is 5.11 Å². The van der Waals surface area contributed by atoms with Crippen LogP contribution in [0.4, 0.5) is 0 Å². The molecule has 1 aliphatic heterocycles. The number of hydrogen-bond donors (Lipinski definition) is 2. The summed E-state index contributed by atoms with van der Waals surface area (Å²) < 4.78 is 10.3. The van der Waals surface area contributed by atoms with Crippen LogP contribution >= 0.6 is 0 Å². The smallest absolute Gasteiger partial charge is 0.105 e. The molecule has 78 valence electrons. The summed E-state index contributed by atoms with van der Waals surface area (Å²) in [6, 6.07) is 1.98. The Kier molecular flexibility index (Phi) is 2.86. The van der Waals surface area contributed by atoms with Gasteiger partial charge in [0.25, 0.3) is 0 Å². The van der Waals surface area contributed by atoms with Gasteiger partial charge in [0.05, 0.1) is 31.6 Å². The Labute approximate surface area is 82.9 Å². The molecule has 1 saturated heterocycles. The highest BCUT2D eigenvalue weighted by molar-refractivity contribution is 5.15.